The van der Waals surface area contributed by atoms with E-state index in [-0.39, 0.29) is 5.82 Å². The van der Waals surface area contributed by atoms with Crippen molar-refractivity contribution in [3.63, 3.8) is 0 Å². The van der Waals surface area contributed by atoms with Crippen LogP contribution in [-0.2, 0) is 0 Å². The molecule has 1 heterocycles. The van der Waals surface area contributed by atoms with Crippen molar-refractivity contribution < 1.29 is 4.39 Å². The van der Waals surface area contributed by atoms with Crippen LogP contribution in [-0.4, -0.2) is 4.98 Å². The smallest absolute Gasteiger partial charge is 0.123 e. The van der Waals surface area contributed by atoms with E-state index in [2.05, 4.69) is 76.1 Å². The summed E-state index contributed by atoms with van der Waals surface area (Å²) in [4.78, 5) is 3.48. The molecule has 0 amide bonds. The van der Waals surface area contributed by atoms with E-state index < -0.39 is 0 Å². The molecule has 0 fully saturated rings. The van der Waals surface area contributed by atoms with Crippen molar-refractivity contribution in [2.45, 2.75) is 0 Å². The van der Waals surface area contributed by atoms with Gasteiger partial charge in [-0.15, -0.1) is 0 Å². The van der Waals surface area contributed by atoms with Crippen molar-refractivity contribution in [1.29, 1.82) is 0 Å². The van der Waals surface area contributed by atoms with Gasteiger partial charge in [0.15, 0.2) is 0 Å². The third kappa shape index (κ3) is 4.19. The molecule has 1 aromatic heterocycles. The standard InChI is InChI=1S/C24H17FIN/c25-19-11-5-17(6-12-19)10-16-24-22(21-3-1-2-4-23(21)27-24)15-9-18-7-13-20(26)14-8-18/h1-16,27H/b15-9+,16-10+. The van der Waals surface area contributed by atoms with Crippen LogP contribution in [0.1, 0.15) is 22.4 Å². The van der Waals surface area contributed by atoms with E-state index in [4.69, 9.17) is 0 Å². The van der Waals surface area contributed by atoms with Crippen molar-refractivity contribution in [2.24, 2.45) is 0 Å². The average molecular weight is 465 g/mol. The normalized spacial score (nSPS) is 11.8. The highest BCUT2D eigenvalue weighted by Gasteiger charge is 2.06. The quantitative estimate of drug-likeness (QED) is 0.306. The van der Waals surface area contributed by atoms with Gasteiger partial charge in [0.2, 0.25) is 0 Å². The van der Waals surface area contributed by atoms with Crippen LogP contribution in [0.15, 0.2) is 72.8 Å². The van der Waals surface area contributed by atoms with Crippen molar-refractivity contribution in [1.82, 2.24) is 4.98 Å². The molecule has 27 heavy (non-hydrogen) atoms. The summed E-state index contributed by atoms with van der Waals surface area (Å²) in [6.07, 6.45) is 8.31. The molecule has 1 nitrogen and oxygen atoms in total. The molecule has 0 aliphatic carbocycles. The fourth-order valence-electron chi connectivity index (χ4n) is 3.00. The predicted molar refractivity (Wildman–Crippen MR) is 122 cm³/mol. The van der Waals surface area contributed by atoms with E-state index in [1.165, 1.54) is 21.1 Å². The Balaban J connectivity index is 1.72. The van der Waals surface area contributed by atoms with Crippen molar-refractivity contribution in [3.05, 3.63) is 105 Å². The largest absolute Gasteiger partial charge is 0.355 e. The molecule has 3 aromatic carbocycles. The van der Waals surface area contributed by atoms with Crippen LogP contribution in [0.2, 0.25) is 0 Å². The summed E-state index contributed by atoms with van der Waals surface area (Å²) in [6.45, 7) is 0. The van der Waals surface area contributed by atoms with Gasteiger partial charge in [0.05, 0.1) is 0 Å². The zero-order valence-corrected chi connectivity index (χ0v) is 16.7. The number of rotatable bonds is 4. The lowest BCUT2D eigenvalue weighted by molar-refractivity contribution is 0.628. The lowest BCUT2D eigenvalue weighted by Gasteiger charge is -1.97. The zero-order chi connectivity index (χ0) is 18.6. The SMILES string of the molecule is Fc1ccc(/C=C/c2[nH]c3ccccc3c2/C=C/c2ccc(I)cc2)cc1. The van der Waals surface area contributed by atoms with Crippen molar-refractivity contribution in [3.8, 4) is 0 Å². The van der Waals surface area contributed by atoms with E-state index in [1.807, 2.05) is 24.3 Å². The number of halogens is 2. The Morgan fingerprint density at radius 1 is 0.704 bits per heavy atom. The Morgan fingerprint density at radius 2 is 1.33 bits per heavy atom. The molecular weight excluding hydrogens is 448 g/mol. The highest BCUT2D eigenvalue weighted by atomic mass is 127. The van der Waals surface area contributed by atoms with Crippen molar-refractivity contribution in [2.75, 3.05) is 0 Å². The number of H-pyrrole nitrogens is 1. The average Bonchev–Trinajstić information content (AvgIpc) is 3.05. The van der Waals surface area contributed by atoms with Crippen LogP contribution >= 0.6 is 22.6 Å². The molecule has 0 aliphatic rings. The van der Waals surface area contributed by atoms with Crippen LogP contribution in [0.5, 0.6) is 0 Å². The molecule has 0 unspecified atom stereocenters. The van der Waals surface area contributed by atoms with Crippen molar-refractivity contribution >= 4 is 57.8 Å². The van der Waals surface area contributed by atoms with Gasteiger partial charge in [0.25, 0.3) is 0 Å². The van der Waals surface area contributed by atoms with Gasteiger partial charge in [-0.2, -0.15) is 0 Å². The maximum absolute atomic E-state index is 13.1. The number of hydrogen-bond acceptors (Lipinski definition) is 0. The van der Waals surface area contributed by atoms with Gasteiger partial charge in [0.1, 0.15) is 5.82 Å². The summed E-state index contributed by atoms with van der Waals surface area (Å²) >= 11 is 2.31. The fourth-order valence-corrected chi connectivity index (χ4v) is 3.36. The van der Waals surface area contributed by atoms with Gasteiger partial charge in [-0.25, -0.2) is 4.39 Å². The predicted octanol–water partition coefficient (Wildman–Crippen LogP) is 7.25. The first-order valence-corrected chi connectivity index (χ1v) is 9.75. The summed E-state index contributed by atoms with van der Waals surface area (Å²) in [6, 6.07) is 23.2. The van der Waals surface area contributed by atoms with Crippen LogP contribution in [0.25, 0.3) is 35.2 Å². The molecule has 0 radical (unpaired) electrons. The summed E-state index contributed by atoms with van der Waals surface area (Å²) in [5, 5.41) is 1.18. The number of para-hydroxylation sites is 1. The van der Waals surface area contributed by atoms with E-state index in [9.17, 15) is 4.39 Å². The second-order valence-corrected chi connectivity index (χ2v) is 7.51. The van der Waals surface area contributed by atoms with Crippen LogP contribution in [0.4, 0.5) is 4.39 Å². The molecule has 1 N–H and O–H groups in total. The van der Waals surface area contributed by atoms with E-state index in [0.29, 0.717) is 0 Å². The molecule has 0 atom stereocenters. The topological polar surface area (TPSA) is 15.8 Å². The van der Waals surface area contributed by atoms with Crippen LogP contribution in [0.3, 0.4) is 0 Å². The number of nitrogens with one attached hydrogen (secondary N) is 1. The summed E-state index contributed by atoms with van der Waals surface area (Å²) < 4.78 is 14.3. The Bertz CT molecular complexity index is 1120. The molecule has 0 saturated carbocycles. The first-order valence-electron chi connectivity index (χ1n) is 8.67. The van der Waals surface area contributed by atoms with Gasteiger partial charge in [0, 0.05) is 25.7 Å². The third-order valence-corrected chi connectivity index (χ3v) is 5.12. The second-order valence-electron chi connectivity index (χ2n) is 6.27. The van der Waals surface area contributed by atoms with Crippen LogP contribution in [0, 0.1) is 9.39 Å². The highest BCUT2D eigenvalue weighted by Crippen LogP contribution is 2.26. The van der Waals surface area contributed by atoms with Gasteiger partial charge in [-0.3, -0.25) is 0 Å². The number of fused-ring (bicyclic) bond motifs is 1. The summed E-state index contributed by atoms with van der Waals surface area (Å²) in [5.74, 6) is -0.223. The van der Waals surface area contributed by atoms with E-state index >= 15 is 0 Å². The van der Waals surface area contributed by atoms with E-state index in [1.54, 1.807) is 12.1 Å². The minimum absolute atomic E-state index is 0.223. The Hall–Kier alpha value is -2.66. The number of benzene rings is 3. The molecule has 4 rings (SSSR count). The lowest BCUT2D eigenvalue weighted by atomic mass is 10.1. The lowest BCUT2D eigenvalue weighted by Crippen LogP contribution is -1.78. The molecule has 0 aliphatic heterocycles. The second kappa shape index (κ2) is 7.92. The zero-order valence-electron chi connectivity index (χ0n) is 14.5. The summed E-state index contributed by atoms with van der Waals surface area (Å²) in [7, 11) is 0. The Morgan fingerprint density at radius 3 is 2.07 bits per heavy atom. The number of aromatic nitrogens is 1. The molecule has 0 saturated heterocycles. The number of aromatic amines is 1. The number of hydrogen-bond donors (Lipinski definition) is 1. The maximum Gasteiger partial charge on any atom is 0.123 e. The molecular formula is C24H17FIN. The molecule has 0 spiro atoms. The van der Waals surface area contributed by atoms with Crippen LogP contribution < -0.4 is 0 Å². The minimum atomic E-state index is -0.223. The fraction of sp³-hybridized carbons (Fsp3) is 0. The molecule has 0 bridgehead atoms. The Kier molecular flexibility index (Phi) is 5.21. The first kappa shape index (κ1) is 17.7. The third-order valence-electron chi connectivity index (χ3n) is 4.40. The minimum Gasteiger partial charge on any atom is -0.355 e. The molecule has 4 aromatic rings. The van der Waals surface area contributed by atoms with E-state index in [0.717, 1.165) is 27.9 Å². The monoisotopic (exact) mass is 465 g/mol. The van der Waals surface area contributed by atoms with Gasteiger partial charge >= 0.3 is 0 Å². The van der Waals surface area contributed by atoms with Gasteiger partial charge < -0.3 is 4.98 Å². The van der Waals surface area contributed by atoms with Gasteiger partial charge in [-0.1, -0.05) is 60.7 Å². The molecule has 132 valence electrons. The summed E-state index contributed by atoms with van der Waals surface area (Å²) in [5.41, 5.74) is 5.39. The maximum atomic E-state index is 13.1. The van der Waals surface area contributed by atoms with Gasteiger partial charge in [-0.05, 0) is 70.1 Å². The Labute approximate surface area is 171 Å². The molecule has 3 heteroatoms. The highest BCUT2D eigenvalue weighted by molar-refractivity contribution is 14.1. The first-order chi connectivity index (χ1) is 13.2.